The van der Waals surface area contributed by atoms with Gasteiger partial charge in [-0.05, 0) is 36.6 Å². The molecule has 0 saturated carbocycles. The van der Waals surface area contributed by atoms with Crippen molar-refractivity contribution in [2.75, 3.05) is 18.0 Å². The number of carbonyl (C=O) groups excluding carboxylic acids is 1. The average Bonchev–Trinajstić information content (AvgIpc) is 3.29. The number of hydrogen-bond acceptors (Lipinski definition) is 4. The summed E-state index contributed by atoms with van der Waals surface area (Å²) in [6, 6.07) is 19.8. The molecule has 162 valence electrons. The van der Waals surface area contributed by atoms with E-state index in [1.807, 2.05) is 53.2 Å². The second-order valence-corrected chi connectivity index (χ2v) is 8.52. The molecule has 0 radical (unpaired) electrons. The zero-order chi connectivity index (χ0) is 21.9. The van der Waals surface area contributed by atoms with Crippen molar-refractivity contribution < 1.29 is 4.79 Å². The minimum atomic E-state index is 0.0167. The predicted molar refractivity (Wildman–Crippen MR) is 127 cm³/mol. The summed E-state index contributed by atoms with van der Waals surface area (Å²) >= 11 is 5.93. The van der Waals surface area contributed by atoms with E-state index in [4.69, 9.17) is 16.7 Å². The smallest absolute Gasteiger partial charge is 0.223 e. The summed E-state index contributed by atoms with van der Waals surface area (Å²) in [6.07, 6.45) is 5.26. The van der Waals surface area contributed by atoms with Crippen LogP contribution in [-0.4, -0.2) is 33.6 Å². The Morgan fingerprint density at radius 1 is 1.06 bits per heavy atom. The van der Waals surface area contributed by atoms with Crippen LogP contribution in [0.4, 0.5) is 5.82 Å². The Kier molecular flexibility index (Phi) is 5.77. The van der Waals surface area contributed by atoms with Crippen LogP contribution in [0.2, 0.25) is 5.02 Å². The molecule has 7 heteroatoms. The van der Waals surface area contributed by atoms with Gasteiger partial charge in [-0.3, -0.25) is 4.79 Å². The van der Waals surface area contributed by atoms with Crippen LogP contribution < -0.4 is 10.2 Å². The summed E-state index contributed by atoms with van der Waals surface area (Å²) in [4.78, 5) is 19.6. The summed E-state index contributed by atoms with van der Waals surface area (Å²) in [5.41, 5.74) is 4.04. The van der Waals surface area contributed by atoms with E-state index in [-0.39, 0.29) is 11.8 Å². The van der Waals surface area contributed by atoms with E-state index in [1.165, 1.54) is 0 Å². The standard InChI is InChI=1S/C25H24ClN5O/c26-21-8-6-18(7-9-21)17-28-25(32)20-10-13-30(14-11-20)24-23-16-22(19-4-2-1-3-5-19)29-31(23)15-12-27-24/h1-9,12,15-16,20H,10-11,13-14,17H2,(H,28,32). The second-order valence-electron chi connectivity index (χ2n) is 8.08. The molecule has 1 aliphatic rings. The highest BCUT2D eigenvalue weighted by Crippen LogP contribution is 2.28. The van der Waals surface area contributed by atoms with E-state index in [0.717, 1.165) is 54.1 Å². The lowest BCUT2D eigenvalue weighted by Gasteiger charge is -2.32. The van der Waals surface area contributed by atoms with E-state index < -0.39 is 0 Å². The fourth-order valence-electron chi connectivity index (χ4n) is 4.19. The lowest BCUT2D eigenvalue weighted by atomic mass is 9.95. The molecule has 4 aromatic rings. The maximum absolute atomic E-state index is 12.7. The van der Waals surface area contributed by atoms with Crippen molar-refractivity contribution in [2.24, 2.45) is 5.92 Å². The van der Waals surface area contributed by atoms with Gasteiger partial charge in [-0.25, -0.2) is 9.50 Å². The van der Waals surface area contributed by atoms with Crippen molar-refractivity contribution in [3.8, 4) is 11.3 Å². The zero-order valence-electron chi connectivity index (χ0n) is 17.6. The van der Waals surface area contributed by atoms with Crippen LogP contribution in [0.25, 0.3) is 16.8 Å². The van der Waals surface area contributed by atoms with Crippen molar-refractivity contribution in [3.63, 3.8) is 0 Å². The number of nitrogens with one attached hydrogen (secondary N) is 1. The SMILES string of the molecule is O=C(NCc1ccc(Cl)cc1)C1CCN(c2nccn3nc(-c4ccccc4)cc23)CC1. The number of carbonyl (C=O) groups is 1. The van der Waals surface area contributed by atoms with Crippen LogP contribution in [0.15, 0.2) is 73.1 Å². The van der Waals surface area contributed by atoms with E-state index in [2.05, 4.69) is 33.4 Å². The second kappa shape index (κ2) is 9.01. The summed E-state index contributed by atoms with van der Waals surface area (Å²) in [5, 5.41) is 8.48. The highest BCUT2D eigenvalue weighted by atomic mass is 35.5. The molecule has 32 heavy (non-hydrogen) atoms. The van der Waals surface area contributed by atoms with Gasteiger partial charge >= 0.3 is 0 Å². The Labute approximate surface area is 191 Å². The first-order valence-corrected chi connectivity index (χ1v) is 11.2. The number of fused-ring (bicyclic) bond motifs is 1. The molecular weight excluding hydrogens is 422 g/mol. The molecule has 0 atom stereocenters. The monoisotopic (exact) mass is 445 g/mol. The van der Waals surface area contributed by atoms with Gasteiger partial charge in [-0.15, -0.1) is 0 Å². The number of piperidine rings is 1. The largest absolute Gasteiger partial charge is 0.355 e. The summed E-state index contributed by atoms with van der Waals surface area (Å²) < 4.78 is 1.88. The Hall–Kier alpha value is -3.38. The Bertz CT molecular complexity index is 1210. The number of nitrogens with zero attached hydrogens (tertiary/aromatic N) is 4. The first-order valence-electron chi connectivity index (χ1n) is 10.8. The lowest BCUT2D eigenvalue weighted by Crippen LogP contribution is -2.40. The van der Waals surface area contributed by atoms with Crippen LogP contribution in [0, 0.1) is 5.92 Å². The van der Waals surface area contributed by atoms with Crippen LogP contribution >= 0.6 is 11.6 Å². The number of rotatable bonds is 5. The van der Waals surface area contributed by atoms with Gasteiger partial charge < -0.3 is 10.2 Å². The minimum absolute atomic E-state index is 0.0167. The topological polar surface area (TPSA) is 62.5 Å². The Balaban J connectivity index is 1.24. The number of halogens is 1. The lowest BCUT2D eigenvalue weighted by molar-refractivity contribution is -0.125. The fourth-order valence-corrected chi connectivity index (χ4v) is 4.32. The molecule has 1 aliphatic heterocycles. The van der Waals surface area contributed by atoms with Gasteiger partial charge in [0.25, 0.3) is 0 Å². The van der Waals surface area contributed by atoms with Crippen molar-refractivity contribution in [3.05, 3.63) is 83.6 Å². The van der Waals surface area contributed by atoms with E-state index in [1.54, 1.807) is 6.20 Å². The van der Waals surface area contributed by atoms with Crippen molar-refractivity contribution >= 4 is 28.8 Å². The van der Waals surface area contributed by atoms with Crippen molar-refractivity contribution in [1.29, 1.82) is 0 Å². The highest BCUT2D eigenvalue weighted by Gasteiger charge is 2.26. The van der Waals surface area contributed by atoms with Crippen molar-refractivity contribution in [2.45, 2.75) is 19.4 Å². The molecule has 2 aromatic heterocycles. The molecule has 6 nitrogen and oxygen atoms in total. The van der Waals surface area contributed by atoms with Gasteiger partial charge in [0.05, 0.1) is 5.69 Å². The number of anilines is 1. The molecule has 0 spiro atoms. The third-order valence-electron chi connectivity index (χ3n) is 5.98. The van der Waals surface area contributed by atoms with Crippen molar-refractivity contribution in [1.82, 2.24) is 19.9 Å². The minimum Gasteiger partial charge on any atom is -0.355 e. The van der Waals surface area contributed by atoms with E-state index in [9.17, 15) is 4.79 Å². The zero-order valence-corrected chi connectivity index (χ0v) is 18.4. The number of benzene rings is 2. The Morgan fingerprint density at radius 3 is 2.56 bits per heavy atom. The molecule has 3 heterocycles. The maximum Gasteiger partial charge on any atom is 0.223 e. The molecule has 1 fully saturated rings. The number of aromatic nitrogens is 3. The molecule has 5 rings (SSSR count). The first kappa shape index (κ1) is 20.5. The Morgan fingerprint density at radius 2 is 1.81 bits per heavy atom. The third kappa shape index (κ3) is 4.32. The van der Waals surface area contributed by atoms with E-state index in [0.29, 0.717) is 11.6 Å². The normalized spacial score (nSPS) is 14.6. The van der Waals surface area contributed by atoms with Gasteiger partial charge in [0.1, 0.15) is 5.52 Å². The van der Waals surface area contributed by atoms with E-state index >= 15 is 0 Å². The first-order chi connectivity index (χ1) is 15.7. The maximum atomic E-state index is 12.7. The van der Waals surface area contributed by atoms with Crippen LogP contribution in [0.1, 0.15) is 18.4 Å². The van der Waals surface area contributed by atoms with Crippen LogP contribution in [0.3, 0.4) is 0 Å². The molecular formula is C25H24ClN5O. The summed E-state index contributed by atoms with van der Waals surface area (Å²) in [5.74, 6) is 1.05. The summed E-state index contributed by atoms with van der Waals surface area (Å²) in [7, 11) is 0. The number of amides is 1. The van der Waals surface area contributed by atoms with Crippen LogP contribution in [0.5, 0.6) is 0 Å². The van der Waals surface area contributed by atoms with Gasteiger partial charge in [0.15, 0.2) is 5.82 Å². The molecule has 1 saturated heterocycles. The van der Waals surface area contributed by atoms with Gasteiger partial charge in [-0.1, -0.05) is 54.1 Å². The molecule has 0 bridgehead atoms. The average molecular weight is 446 g/mol. The summed E-state index contributed by atoms with van der Waals surface area (Å²) in [6.45, 7) is 2.10. The quantitative estimate of drug-likeness (QED) is 0.488. The third-order valence-corrected chi connectivity index (χ3v) is 6.24. The molecule has 1 amide bonds. The van der Waals surface area contributed by atoms with Gasteiger partial charge in [0.2, 0.25) is 5.91 Å². The van der Waals surface area contributed by atoms with Crippen LogP contribution in [-0.2, 0) is 11.3 Å². The van der Waals surface area contributed by atoms with Gasteiger partial charge in [0, 0.05) is 48.5 Å². The molecule has 2 aromatic carbocycles. The fraction of sp³-hybridized carbons (Fsp3) is 0.240. The predicted octanol–water partition coefficient (Wildman–Crippen LogP) is 4.58. The number of hydrogen-bond donors (Lipinski definition) is 1. The molecule has 0 unspecified atom stereocenters. The molecule has 1 N–H and O–H groups in total. The molecule has 0 aliphatic carbocycles. The van der Waals surface area contributed by atoms with Gasteiger partial charge in [-0.2, -0.15) is 5.10 Å². The highest BCUT2D eigenvalue weighted by molar-refractivity contribution is 6.30.